The van der Waals surface area contributed by atoms with Gasteiger partial charge in [-0.1, -0.05) is 13.3 Å². The number of fused-ring (bicyclic) bond motifs is 1. The van der Waals surface area contributed by atoms with E-state index in [4.69, 9.17) is 9.47 Å². The number of epoxide rings is 1. The molecule has 58 valence electrons. The molecular formula is C7H13NO2. The van der Waals surface area contributed by atoms with Crippen LogP contribution < -0.4 is 5.32 Å². The summed E-state index contributed by atoms with van der Waals surface area (Å²) in [6, 6.07) is 0. The van der Waals surface area contributed by atoms with Gasteiger partial charge in [-0.2, -0.15) is 0 Å². The molecule has 3 nitrogen and oxygen atoms in total. The van der Waals surface area contributed by atoms with Gasteiger partial charge in [-0.15, -0.1) is 0 Å². The Bertz CT molecular complexity index is 136. The molecule has 0 radical (unpaired) electrons. The van der Waals surface area contributed by atoms with Crippen molar-refractivity contribution in [2.75, 3.05) is 13.2 Å². The Morgan fingerprint density at radius 3 is 3.30 bits per heavy atom. The SMILES string of the molecule is CCCC12OCCNC1O2. The molecule has 3 heteroatoms. The van der Waals surface area contributed by atoms with Gasteiger partial charge < -0.3 is 9.47 Å². The molecule has 2 rings (SSSR count). The molecule has 10 heavy (non-hydrogen) atoms. The van der Waals surface area contributed by atoms with Gasteiger partial charge in [0.1, 0.15) is 0 Å². The highest BCUT2D eigenvalue weighted by Gasteiger charge is 2.58. The molecule has 2 aliphatic heterocycles. The van der Waals surface area contributed by atoms with Gasteiger partial charge in [0.15, 0.2) is 6.23 Å². The molecular weight excluding hydrogens is 130 g/mol. The molecule has 0 bridgehead atoms. The van der Waals surface area contributed by atoms with Crippen molar-refractivity contribution < 1.29 is 9.47 Å². The van der Waals surface area contributed by atoms with E-state index in [-0.39, 0.29) is 12.0 Å². The van der Waals surface area contributed by atoms with E-state index in [1.54, 1.807) is 0 Å². The van der Waals surface area contributed by atoms with Crippen molar-refractivity contribution >= 4 is 0 Å². The Kier molecular flexibility index (Phi) is 1.44. The van der Waals surface area contributed by atoms with Crippen molar-refractivity contribution in [1.82, 2.24) is 5.32 Å². The van der Waals surface area contributed by atoms with Crippen LogP contribution in [0.15, 0.2) is 0 Å². The smallest absolute Gasteiger partial charge is 0.210 e. The zero-order valence-corrected chi connectivity index (χ0v) is 6.22. The second kappa shape index (κ2) is 2.19. The largest absolute Gasteiger partial charge is 0.345 e. The molecule has 2 heterocycles. The lowest BCUT2D eigenvalue weighted by Crippen LogP contribution is -2.38. The standard InChI is InChI=1S/C7H13NO2/c1-2-3-7-6(10-7)8-4-5-9-7/h6,8H,2-5H2,1H3. The second-order valence-corrected chi connectivity index (χ2v) is 2.86. The van der Waals surface area contributed by atoms with E-state index in [9.17, 15) is 0 Å². The maximum atomic E-state index is 5.50. The summed E-state index contributed by atoms with van der Waals surface area (Å²) in [4.78, 5) is 0. The highest BCUT2D eigenvalue weighted by molar-refractivity contribution is 4.95. The Labute approximate surface area is 60.7 Å². The van der Waals surface area contributed by atoms with Gasteiger partial charge in [0.05, 0.1) is 6.61 Å². The molecule has 2 atom stereocenters. The van der Waals surface area contributed by atoms with Gasteiger partial charge in [-0.25, -0.2) is 0 Å². The molecule has 1 N–H and O–H groups in total. The number of hydrogen-bond acceptors (Lipinski definition) is 3. The fraction of sp³-hybridized carbons (Fsp3) is 1.00. The quantitative estimate of drug-likeness (QED) is 0.570. The maximum Gasteiger partial charge on any atom is 0.210 e. The van der Waals surface area contributed by atoms with Crippen LogP contribution in [0.4, 0.5) is 0 Å². The molecule has 2 aliphatic rings. The normalized spacial score (nSPS) is 44.7. The molecule has 0 aliphatic carbocycles. The number of nitrogens with one attached hydrogen (secondary N) is 1. The maximum absolute atomic E-state index is 5.50. The first kappa shape index (κ1) is 6.58. The summed E-state index contributed by atoms with van der Waals surface area (Å²) in [5.41, 5.74) is 0. The summed E-state index contributed by atoms with van der Waals surface area (Å²) < 4.78 is 10.9. The van der Waals surface area contributed by atoms with E-state index in [2.05, 4.69) is 12.2 Å². The highest BCUT2D eigenvalue weighted by atomic mass is 16.8. The minimum Gasteiger partial charge on any atom is -0.345 e. The van der Waals surface area contributed by atoms with Crippen LogP contribution >= 0.6 is 0 Å². The Balaban J connectivity index is 1.92. The lowest BCUT2D eigenvalue weighted by molar-refractivity contribution is -0.0531. The number of hydrogen-bond donors (Lipinski definition) is 1. The van der Waals surface area contributed by atoms with Gasteiger partial charge in [-0.3, -0.25) is 5.32 Å². The molecule has 0 aromatic carbocycles. The van der Waals surface area contributed by atoms with Crippen LogP contribution in [-0.4, -0.2) is 25.2 Å². The van der Waals surface area contributed by atoms with Crippen LogP contribution in [0, 0.1) is 0 Å². The van der Waals surface area contributed by atoms with Crippen LogP contribution in [0.1, 0.15) is 19.8 Å². The van der Waals surface area contributed by atoms with E-state index in [0.29, 0.717) is 0 Å². The Morgan fingerprint density at radius 1 is 1.70 bits per heavy atom. The van der Waals surface area contributed by atoms with E-state index in [0.717, 1.165) is 26.0 Å². The first-order valence-electron chi connectivity index (χ1n) is 3.92. The molecule has 0 aromatic rings. The van der Waals surface area contributed by atoms with Gasteiger partial charge in [0.25, 0.3) is 0 Å². The van der Waals surface area contributed by atoms with Gasteiger partial charge >= 0.3 is 0 Å². The topological polar surface area (TPSA) is 33.8 Å². The van der Waals surface area contributed by atoms with Crippen LogP contribution in [0.3, 0.4) is 0 Å². The van der Waals surface area contributed by atoms with Crippen molar-refractivity contribution in [3.05, 3.63) is 0 Å². The van der Waals surface area contributed by atoms with Crippen LogP contribution in [0.25, 0.3) is 0 Å². The van der Waals surface area contributed by atoms with Gasteiger partial charge in [0, 0.05) is 13.0 Å². The summed E-state index contributed by atoms with van der Waals surface area (Å²) in [7, 11) is 0. The zero-order chi connectivity index (χ0) is 7.03. The van der Waals surface area contributed by atoms with Crippen LogP contribution in [-0.2, 0) is 9.47 Å². The Morgan fingerprint density at radius 2 is 2.60 bits per heavy atom. The second-order valence-electron chi connectivity index (χ2n) is 2.86. The van der Waals surface area contributed by atoms with Gasteiger partial charge in [-0.05, 0) is 0 Å². The Hall–Kier alpha value is -0.120. The molecule has 0 amide bonds. The van der Waals surface area contributed by atoms with E-state index in [1.807, 2.05) is 0 Å². The first-order chi connectivity index (χ1) is 4.87. The third-order valence-electron chi connectivity index (χ3n) is 2.04. The highest BCUT2D eigenvalue weighted by Crippen LogP contribution is 2.41. The summed E-state index contributed by atoms with van der Waals surface area (Å²) in [6.45, 7) is 3.86. The van der Waals surface area contributed by atoms with E-state index in [1.165, 1.54) is 0 Å². The molecule has 0 saturated carbocycles. The molecule has 0 spiro atoms. The molecule has 0 aromatic heterocycles. The first-order valence-corrected chi connectivity index (χ1v) is 3.92. The number of morpholine rings is 1. The van der Waals surface area contributed by atoms with Crippen LogP contribution in [0.5, 0.6) is 0 Å². The lowest BCUT2D eigenvalue weighted by atomic mass is 10.2. The lowest BCUT2D eigenvalue weighted by Gasteiger charge is -2.17. The molecule has 2 unspecified atom stereocenters. The summed E-state index contributed by atoms with van der Waals surface area (Å²) in [5.74, 6) is -0.215. The number of ether oxygens (including phenoxy) is 2. The average molecular weight is 143 g/mol. The van der Waals surface area contributed by atoms with Crippen molar-refractivity contribution in [2.24, 2.45) is 0 Å². The average Bonchev–Trinajstić information content (AvgIpc) is 2.62. The predicted octanol–water partition coefficient (Wildman–Crippen LogP) is 0.459. The minimum absolute atomic E-state index is 0.196. The minimum atomic E-state index is -0.215. The van der Waals surface area contributed by atoms with Crippen molar-refractivity contribution in [1.29, 1.82) is 0 Å². The summed E-state index contributed by atoms with van der Waals surface area (Å²) in [5, 5.41) is 3.23. The third kappa shape index (κ3) is 0.856. The zero-order valence-electron chi connectivity index (χ0n) is 6.22. The van der Waals surface area contributed by atoms with Gasteiger partial charge in [0.2, 0.25) is 5.79 Å². The summed E-state index contributed by atoms with van der Waals surface area (Å²) in [6.07, 6.45) is 2.34. The van der Waals surface area contributed by atoms with Crippen molar-refractivity contribution in [3.8, 4) is 0 Å². The monoisotopic (exact) mass is 143 g/mol. The predicted molar refractivity (Wildman–Crippen MR) is 36.5 cm³/mol. The molecule has 2 fully saturated rings. The fourth-order valence-electron chi connectivity index (χ4n) is 1.50. The fourth-order valence-corrected chi connectivity index (χ4v) is 1.50. The molecule has 2 saturated heterocycles. The van der Waals surface area contributed by atoms with Crippen LogP contribution in [0.2, 0.25) is 0 Å². The number of rotatable bonds is 2. The van der Waals surface area contributed by atoms with Crippen molar-refractivity contribution in [2.45, 2.75) is 31.8 Å². The van der Waals surface area contributed by atoms with Crippen molar-refractivity contribution in [3.63, 3.8) is 0 Å². The summed E-state index contributed by atoms with van der Waals surface area (Å²) >= 11 is 0. The van der Waals surface area contributed by atoms with E-state index >= 15 is 0 Å². The van der Waals surface area contributed by atoms with E-state index < -0.39 is 0 Å². The third-order valence-corrected chi connectivity index (χ3v) is 2.04.